The van der Waals surface area contributed by atoms with Gasteiger partial charge in [-0.15, -0.1) is 0 Å². The number of cyclic esters (lactones) is 1. The number of rotatable bonds is 14. The number of esters is 1. The summed E-state index contributed by atoms with van der Waals surface area (Å²) < 4.78 is 39.3. The standard InChI is InChI=1S/C30H45N5O3.C18H30O6.C7H14O4.C2H6/c1-22(34-16-14-24-8-5-6-9-28(24)34)21-35(32)29(20-31)25-10-12-27(13-11-25)37-17-7-15-33(3)26-18-23(2)38-30(19-26)36-4;1-10-6-13(22-5)8-14-7-11(2)17(20)23-9-18(4,21)16(24-14)12(3)15(10)19;1-4-3-6(8)10-5(2)7(4)11-9;1-2/h5-6,8-13,20,22-23,26,30H,7,14-19,21,31-32H2,1-4H3;10-14,16,21H,6-9H2,1-5H3;4-9H,3H2,1-2H3;1-2H3/b29-20-;;;/t;10-,11?,12?,13?,14+,16?,18-;4?,5?,6-,7-;/m.11./s1. The summed E-state index contributed by atoms with van der Waals surface area (Å²) >= 11 is 0. The molecule has 5 aliphatic heterocycles. The first kappa shape index (κ1) is 63.6. The van der Waals surface area contributed by atoms with E-state index in [1.165, 1.54) is 11.3 Å². The zero-order valence-corrected chi connectivity index (χ0v) is 47.4. The molecule has 7 rings (SSSR count). The fourth-order valence-electron chi connectivity index (χ4n) is 11.0. The minimum Gasteiger partial charge on any atom is -0.494 e. The molecule has 15 atom stereocenters. The van der Waals surface area contributed by atoms with Crippen molar-refractivity contribution in [3.63, 3.8) is 0 Å². The normalized spacial score (nSPS) is 32.6. The Morgan fingerprint density at radius 2 is 1.61 bits per heavy atom. The van der Waals surface area contributed by atoms with Gasteiger partial charge in [-0.1, -0.05) is 59.7 Å². The van der Waals surface area contributed by atoms with Gasteiger partial charge in [0.25, 0.3) is 0 Å². The van der Waals surface area contributed by atoms with Gasteiger partial charge in [-0.25, -0.2) is 10.7 Å². The lowest BCUT2D eigenvalue weighted by Crippen LogP contribution is -2.52. The van der Waals surface area contributed by atoms with Gasteiger partial charge in [0.15, 0.2) is 12.6 Å². The molecule has 0 aromatic heterocycles. The lowest BCUT2D eigenvalue weighted by atomic mass is 9.82. The Balaban J connectivity index is 0.000000278. The predicted molar refractivity (Wildman–Crippen MR) is 290 cm³/mol. The number of hydrazine groups is 1. The maximum absolute atomic E-state index is 12.8. The van der Waals surface area contributed by atoms with Crippen molar-refractivity contribution in [3.8, 4) is 5.75 Å². The molecular formula is C57H95N5O13. The first-order chi connectivity index (χ1) is 35.7. The average molecular weight is 1060 g/mol. The van der Waals surface area contributed by atoms with Crippen molar-refractivity contribution >= 4 is 23.1 Å². The van der Waals surface area contributed by atoms with Crippen molar-refractivity contribution in [2.45, 2.75) is 187 Å². The number of fused-ring (bicyclic) bond motifs is 3. The van der Waals surface area contributed by atoms with Crippen LogP contribution < -0.4 is 21.2 Å². The topological polar surface area (TPSA) is 230 Å². The van der Waals surface area contributed by atoms with E-state index in [1.54, 1.807) is 53.1 Å². The van der Waals surface area contributed by atoms with Crippen molar-refractivity contribution in [3.05, 3.63) is 65.9 Å². The van der Waals surface area contributed by atoms with Crippen LogP contribution in [0.2, 0.25) is 0 Å². The molecule has 2 aromatic rings. The second-order valence-corrected chi connectivity index (χ2v) is 21.3. The van der Waals surface area contributed by atoms with E-state index in [1.807, 2.05) is 52.0 Å². The Hall–Kier alpha value is -3.92. The summed E-state index contributed by atoms with van der Waals surface area (Å²) in [5, 5.41) is 30.2. The zero-order chi connectivity index (χ0) is 55.6. The number of carbonyl (C=O) groups excluding carboxylic acids is 2. The van der Waals surface area contributed by atoms with Crippen LogP contribution in [0.3, 0.4) is 0 Å². The molecule has 18 heteroatoms. The van der Waals surface area contributed by atoms with E-state index in [4.69, 9.17) is 55.1 Å². The molecule has 0 radical (unpaired) electrons. The van der Waals surface area contributed by atoms with Crippen LogP contribution in [-0.4, -0.2) is 158 Å². The Morgan fingerprint density at radius 1 is 0.920 bits per heavy atom. The van der Waals surface area contributed by atoms with Gasteiger partial charge in [0.05, 0.1) is 55.3 Å². The summed E-state index contributed by atoms with van der Waals surface area (Å²) in [6.45, 7) is 22.2. The molecule has 2 bridgehead atoms. The van der Waals surface area contributed by atoms with E-state index in [0.717, 1.165) is 55.8 Å². The molecule has 4 saturated heterocycles. The fourth-order valence-corrected chi connectivity index (χ4v) is 11.0. The van der Waals surface area contributed by atoms with Gasteiger partial charge in [-0.2, -0.15) is 0 Å². The number of methoxy groups -OCH3 is 2. The van der Waals surface area contributed by atoms with Crippen LogP contribution in [0, 0.1) is 23.7 Å². The van der Waals surface area contributed by atoms with Gasteiger partial charge >= 0.3 is 5.97 Å². The average Bonchev–Trinajstić information content (AvgIpc) is 3.85. The van der Waals surface area contributed by atoms with Gasteiger partial charge in [-0.05, 0) is 115 Å². The molecular weight excluding hydrogens is 963 g/mol. The summed E-state index contributed by atoms with van der Waals surface area (Å²) in [5.41, 5.74) is 9.08. The van der Waals surface area contributed by atoms with Crippen molar-refractivity contribution in [2.75, 3.05) is 59.0 Å². The number of aliphatic hydroxyl groups excluding tert-OH is 1. The van der Waals surface area contributed by atoms with Crippen LogP contribution in [0.5, 0.6) is 5.75 Å². The lowest BCUT2D eigenvalue weighted by molar-refractivity contribution is -0.338. The number of ether oxygens (including phenoxy) is 7. The number of aliphatic hydroxyl groups is 2. The number of nitrogens with two attached hydrogens (primary N) is 2. The fraction of sp³-hybridized carbons (Fsp3) is 0.719. The van der Waals surface area contributed by atoms with Crippen molar-refractivity contribution in [1.82, 2.24) is 9.91 Å². The molecule has 10 unspecified atom stereocenters. The molecule has 0 spiro atoms. The quantitative estimate of drug-likeness (QED) is 0.0415. The Morgan fingerprint density at radius 3 is 2.25 bits per heavy atom. The van der Waals surface area contributed by atoms with Gasteiger partial charge in [0.1, 0.15) is 29.8 Å². The number of para-hydroxylation sites is 1. The number of hydrogen-bond acceptors (Lipinski definition) is 18. The summed E-state index contributed by atoms with van der Waals surface area (Å²) in [7, 11) is 5.51. The molecule has 18 nitrogen and oxygen atoms in total. The van der Waals surface area contributed by atoms with Crippen molar-refractivity contribution in [2.24, 2.45) is 35.2 Å². The summed E-state index contributed by atoms with van der Waals surface area (Å²) in [6, 6.07) is 17.3. The Kier molecular flexibility index (Phi) is 26.2. The monoisotopic (exact) mass is 1060 g/mol. The highest BCUT2D eigenvalue weighted by atomic mass is 17.1. The first-order valence-electron chi connectivity index (χ1n) is 27.3. The van der Waals surface area contributed by atoms with Crippen molar-refractivity contribution in [1.29, 1.82) is 0 Å². The maximum atomic E-state index is 12.8. The van der Waals surface area contributed by atoms with E-state index in [-0.39, 0.29) is 79.0 Å². The number of ketones is 1. The van der Waals surface area contributed by atoms with Gasteiger partial charge in [0, 0.05) is 81.5 Å². The minimum atomic E-state index is -1.42. The van der Waals surface area contributed by atoms with E-state index in [0.29, 0.717) is 44.9 Å². The molecule has 75 heavy (non-hydrogen) atoms. The van der Waals surface area contributed by atoms with Crippen LogP contribution in [0.4, 0.5) is 5.69 Å². The largest absolute Gasteiger partial charge is 0.494 e. The van der Waals surface area contributed by atoms with E-state index >= 15 is 0 Å². The van der Waals surface area contributed by atoms with Crippen molar-refractivity contribution < 1.29 is 63.1 Å². The second kappa shape index (κ2) is 30.9. The number of benzene rings is 2. The summed E-state index contributed by atoms with van der Waals surface area (Å²) in [5.74, 6) is 6.19. The van der Waals surface area contributed by atoms with Gasteiger partial charge < -0.3 is 63.9 Å². The van der Waals surface area contributed by atoms with Crippen LogP contribution >= 0.6 is 0 Å². The molecule has 5 heterocycles. The molecule has 0 amide bonds. The highest BCUT2D eigenvalue weighted by Gasteiger charge is 2.46. The number of nitrogens with zero attached hydrogens (tertiary/aromatic N) is 3. The first-order valence-corrected chi connectivity index (χ1v) is 27.3. The second-order valence-electron chi connectivity index (χ2n) is 21.3. The third kappa shape index (κ3) is 18.3. The van der Waals surface area contributed by atoms with E-state index < -0.39 is 23.9 Å². The molecule has 4 fully saturated rings. The van der Waals surface area contributed by atoms with Crippen LogP contribution in [0.25, 0.3) is 5.70 Å². The lowest BCUT2D eigenvalue weighted by Gasteiger charge is -2.37. The number of hydrogen-bond donors (Lipinski definition) is 5. The summed E-state index contributed by atoms with van der Waals surface area (Å²) in [6.07, 6.45) is 5.45. The van der Waals surface area contributed by atoms with E-state index in [2.05, 4.69) is 59.8 Å². The van der Waals surface area contributed by atoms with Crippen LogP contribution in [0.15, 0.2) is 54.7 Å². The maximum Gasteiger partial charge on any atom is 0.308 e. The third-order valence-electron chi connectivity index (χ3n) is 15.2. The molecule has 0 saturated carbocycles. The highest BCUT2D eigenvalue weighted by Crippen LogP contribution is 2.35. The third-order valence-corrected chi connectivity index (χ3v) is 15.2. The highest BCUT2D eigenvalue weighted by molar-refractivity contribution is 5.83. The SMILES string of the molecule is CC.CC1C[C@H](O)OC(C)[C@@H]1OO.COC1CC(N(C)CCCOc2ccc(/C(=C/N)N(N)CC(C)N3CCc4ccccc43)cc2)CC(C)O1.COC1C[C@@H]2CC(C)C(=O)OC[C@@](C)(O)C(O2)C(C)C(=O)[C@H](C)C1. The molecule has 7 N–H and O–H groups in total. The minimum absolute atomic E-state index is 0.0431. The number of carbonyl (C=O) groups is 2. The van der Waals surface area contributed by atoms with E-state index in [9.17, 15) is 14.7 Å². The van der Waals surface area contributed by atoms with Crippen LogP contribution in [0.1, 0.15) is 125 Å². The zero-order valence-electron chi connectivity index (χ0n) is 47.4. The smallest absolute Gasteiger partial charge is 0.308 e. The van der Waals surface area contributed by atoms with Gasteiger partial charge in [-0.3, -0.25) is 14.8 Å². The summed E-state index contributed by atoms with van der Waals surface area (Å²) in [4.78, 5) is 33.9. The molecule has 426 valence electrons. The van der Waals surface area contributed by atoms with Gasteiger partial charge in [0.2, 0.25) is 0 Å². The number of anilines is 1. The molecule has 5 aliphatic rings. The Labute approximate surface area is 448 Å². The predicted octanol–water partition coefficient (Wildman–Crippen LogP) is 7.17. The number of Topliss-reactive ketones (excluding diaryl/α,β-unsaturated/α-hetero) is 1. The molecule has 2 aromatic carbocycles. The molecule has 0 aliphatic carbocycles. The van der Waals surface area contributed by atoms with Crippen LogP contribution in [-0.2, 0) is 49.3 Å². The Bertz CT molecular complexity index is 2020.